The van der Waals surface area contributed by atoms with Gasteiger partial charge in [0, 0.05) is 18.2 Å². The third-order valence-electron chi connectivity index (χ3n) is 4.22. The Balaban J connectivity index is 2.34. The zero-order valence-electron chi connectivity index (χ0n) is 18.9. The maximum atomic E-state index is 12.8. The van der Waals surface area contributed by atoms with E-state index in [0.29, 0.717) is 30.5 Å². The number of ether oxygens (including phenoxy) is 4. The van der Waals surface area contributed by atoms with E-state index in [4.69, 9.17) is 42.1 Å². The van der Waals surface area contributed by atoms with Gasteiger partial charge in [0.1, 0.15) is 5.75 Å². The minimum atomic E-state index is -1.43. The number of benzene rings is 2. The van der Waals surface area contributed by atoms with Gasteiger partial charge in [0.05, 0.1) is 48.9 Å². The lowest BCUT2D eigenvalue weighted by molar-refractivity contribution is -0.126. The lowest BCUT2D eigenvalue weighted by Crippen LogP contribution is -2.32. The van der Waals surface area contributed by atoms with E-state index in [9.17, 15) is 9.59 Å². The fraction of sp³-hybridized carbons (Fsp3) is 0.364. The molecular formula is C22H25Cl2N3O6. The van der Waals surface area contributed by atoms with Gasteiger partial charge in [0.25, 0.3) is 5.91 Å². The lowest BCUT2D eigenvalue weighted by Gasteiger charge is -2.15. The molecule has 0 saturated heterocycles. The highest BCUT2D eigenvalue weighted by atomic mass is 35.5. The Kier molecular flexibility index (Phi) is 9.74. The van der Waals surface area contributed by atoms with Gasteiger partial charge >= 0.3 is 0 Å². The summed E-state index contributed by atoms with van der Waals surface area (Å²) in [6, 6.07) is 4.67. The Bertz CT molecular complexity index is 1050. The van der Waals surface area contributed by atoms with Crippen molar-refractivity contribution in [1.82, 2.24) is 0 Å². The zero-order chi connectivity index (χ0) is 24.5. The van der Waals surface area contributed by atoms with E-state index in [-0.39, 0.29) is 27.2 Å². The molecule has 0 radical (unpaired) electrons. The van der Waals surface area contributed by atoms with Gasteiger partial charge in [-0.3, -0.25) is 9.59 Å². The first-order valence-corrected chi connectivity index (χ1v) is 10.7. The second kappa shape index (κ2) is 12.3. The molecule has 2 rings (SSSR count). The molecule has 1 N–H and O–H groups in total. The number of Topliss-reactive ketones (excluding diaryl/α,β-unsaturated/α-hetero) is 1. The molecule has 178 valence electrons. The highest BCUT2D eigenvalue weighted by molar-refractivity contribution is 6.33. The molecule has 0 aliphatic rings. The Morgan fingerprint density at radius 2 is 1.64 bits per heavy atom. The van der Waals surface area contributed by atoms with E-state index < -0.39 is 17.7 Å². The molecule has 2 aromatic rings. The lowest BCUT2D eigenvalue weighted by atomic mass is 10.2. The number of carbonyl (C=O) groups is 2. The summed E-state index contributed by atoms with van der Waals surface area (Å²) in [4.78, 5) is 25.0. The van der Waals surface area contributed by atoms with Gasteiger partial charge in [0.2, 0.25) is 6.04 Å². The Morgan fingerprint density at radius 1 is 0.970 bits per heavy atom. The third-order valence-corrected chi connectivity index (χ3v) is 4.78. The number of nitrogens with one attached hydrogen (secondary N) is 1. The number of amides is 1. The number of nitrogens with zero attached hydrogens (tertiary/aromatic N) is 2. The van der Waals surface area contributed by atoms with Crippen LogP contribution in [0.4, 0.5) is 11.4 Å². The summed E-state index contributed by atoms with van der Waals surface area (Å²) in [6.45, 7) is 5.63. The smallest absolute Gasteiger partial charge is 0.258 e. The monoisotopic (exact) mass is 497 g/mol. The van der Waals surface area contributed by atoms with Crippen molar-refractivity contribution in [3.05, 3.63) is 34.3 Å². The van der Waals surface area contributed by atoms with Crippen LogP contribution in [0.3, 0.4) is 0 Å². The van der Waals surface area contributed by atoms with Crippen LogP contribution < -0.4 is 24.3 Å². The number of carbonyl (C=O) groups excluding carboxylic acids is 2. The quantitative estimate of drug-likeness (QED) is 0.324. The molecular weight excluding hydrogens is 473 g/mol. The molecule has 1 unspecified atom stereocenters. The zero-order valence-corrected chi connectivity index (χ0v) is 20.4. The molecule has 0 saturated carbocycles. The fourth-order valence-corrected chi connectivity index (χ4v) is 3.34. The Morgan fingerprint density at radius 3 is 2.21 bits per heavy atom. The van der Waals surface area contributed by atoms with Crippen LogP contribution in [0.2, 0.25) is 10.0 Å². The van der Waals surface area contributed by atoms with Gasteiger partial charge in [-0.1, -0.05) is 23.2 Å². The van der Waals surface area contributed by atoms with Gasteiger partial charge in [-0.15, -0.1) is 0 Å². The maximum Gasteiger partial charge on any atom is 0.258 e. The topological polar surface area (TPSA) is 108 Å². The van der Waals surface area contributed by atoms with Crippen LogP contribution >= 0.6 is 23.2 Å². The number of anilines is 1. The molecule has 0 spiro atoms. The summed E-state index contributed by atoms with van der Waals surface area (Å²) >= 11 is 12.5. The second-order valence-electron chi connectivity index (χ2n) is 6.53. The van der Waals surface area contributed by atoms with Gasteiger partial charge < -0.3 is 24.3 Å². The van der Waals surface area contributed by atoms with Crippen molar-refractivity contribution in [2.75, 3.05) is 32.8 Å². The predicted octanol–water partition coefficient (Wildman–Crippen LogP) is 5.49. The van der Waals surface area contributed by atoms with E-state index >= 15 is 0 Å². The van der Waals surface area contributed by atoms with Crippen LogP contribution in [-0.4, -0.2) is 45.2 Å². The number of hydrogen-bond acceptors (Lipinski definition) is 8. The van der Waals surface area contributed by atoms with Crippen LogP contribution in [0, 0.1) is 0 Å². The van der Waals surface area contributed by atoms with Crippen molar-refractivity contribution in [1.29, 1.82) is 0 Å². The Hall–Kier alpha value is -3.04. The normalized spacial score (nSPS) is 11.7. The number of azo groups is 1. The van der Waals surface area contributed by atoms with Crippen molar-refractivity contribution >= 4 is 46.3 Å². The van der Waals surface area contributed by atoms with E-state index in [0.717, 1.165) is 0 Å². The summed E-state index contributed by atoms with van der Waals surface area (Å²) in [5, 5.41) is 11.0. The average Bonchev–Trinajstić information content (AvgIpc) is 2.76. The van der Waals surface area contributed by atoms with Gasteiger partial charge in [0.15, 0.2) is 23.0 Å². The maximum absolute atomic E-state index is 12.8. The minimum Gasteiger partial charge on any atom is -0.497 e. The number of methoxy groups -OCH3 is 2. The summed E-state index contributed by atoms with van der Waals surface area (Å²) in [6.07, 6.45) is 0. The predicted molar refractivity (Wildman–Crippen MR) is 126 cm³/mol. The molecule has 1 amide bonds. The highest BCUT2D eigenvalue weighted by Crippen LogP contribution is 2.40. The molecule has 11 heteroatoms. The van der Waals surface area contributed by atoms with E-state index in [1.165, 1.54) is 39.3 Å². The van der Waals surface area contributed by atoms with E-state index in [2.05, 4.69) is 15.5 Å². The summed E-state index contributed by atoms with van der Waals surface area (Å²) in [5.74, 6) is 0.111. The molecule has 0 aliphatic heterocycles. The van der Waals surface area contributed by atoms with Crippen LogP contribution in [0.15, 0.2) is 34.5 Å². The van der Waals surface area contributed by atoms with Gasteiger partial charge in [-0.2, -0.15) is 10.2 Å². The molecule has 9 nitrogen and oxygen atoms in total. The first-order chi connectivity index (χ1) is 15.7. The number of halogens is 2. The standard InChI is InChI=1S/C22H25Cl2N3O6/c1-6-32-18-9-13(8-15(23)21(18)33-7-2)26-27-19(12(3)28)22(29)25-17-11-14(30-4)10-16(24)20(17)31-5/h8-11,19H,6-7H2,1-5H3,(H,25,29). The van der Waals surface area contributed by atoms with E-state index in [1.807, 2.05) is 13.8 Å². The molecule has 0 aromatic heterocycles. The van der Waals surface area contributed by atoms with Crippen molar-refractivity contribution in [2.24, 2.45) is 10.2 Å². The number of hydrogen-bond donors (Lipinski definition) is 1. The first kappa shape index (κ1) is 26.2. The molecule has 1 atom stereocenters. The number of ketones is 1. The van der Waals surface area contributed by atoms with Crippen LogP contribution in [0.5, 0.6) is 23.0 Å². The van der Waals surface area contributed by atoms with Crippen molar-refractivity contribution in [2.45, 2.75) is 26.8 Å². The van der Waals surface area contributed by atoms with Crippen molar-refractivity contribution in [3.63, 3.8) is 0 Å². The number of rotatable bonds is 11. The van der Waals surface area contributed by atoms with Gasteiger partial charge in [-0.25, -0.2) is 0 Å². The molecule has 0 aliphatic carbocycles. The highest BCUT2D eigenvalue weighted by Gasteiger charge is 2.25. The van der Waals surface area contributed by atoms with Gasteiger partial charge in [-0.05, 0) is 26.8 Å². The molecule has 2 aromatic carbocycles. The van der Waals surface area contributed by atoms with Crippen LogP contribution in [0.25, 0.3) is 0 Å². The molecule has 0 heterocycles. The summed E-state index contributed by atoms with van der Waals surface area (Å²) in [5.41, 5.74) is 0.504. The molecule has 0 fully saturated rings. The molecule has 0 bridgehead atoms. The average molecular weight is 498 g/mol. The van der Waals surface area contributed by atoms with E-state index in [1.54, 1.807) is 6.07 Å². The second-order valence-corrected chi connectivity index (χ2v) is 7.34. The van der Waals surface area contributed by atoms with Crippen molar-refractivity contribution in [3.8, 4) is 23.0 Å². The van der Waals surface area contributed by atoms with Crippen LogP contribution in [0.1, 0.15) is 20.8 Å². The van der Waals surface area contributed by atoms with Crippen LogP contribution in [-0.2, 0) is 9.59 Å². The SMILES string of the molecule is CCOc1cc(N=NC(C(C)=O)C(=O)Nc2cc(OC)cc(Cl)c2OC)cc(Cl)c1OCC. The third kappa shape index (κ3) is 6.72. The minimum absolute atomic E-state index is 0.213. The molecule has 33 heavy (non-hydrogen) atoms. The summed E-state index contributed by atoms with van der Waals surface area (Å²) in [7, 11) is 2.85. The summed E-state index contributed by atoms with van der Waals surface area (Å²) < 4.78 is 21.5. The fourth-order valence-electron chi connectivity index (χ4n) is 2.79. The first-order valence-electron chi connectivity index (χ1n) is 9.98. The van der Waals surface area contributed by atoms with Crippen molar-refractivity contribution < 1.29 is 28.5 Å². The largest absolute Gasteiger partial charge is 0.497 e. The Labute approximate surface area is 202 Å².